The van der Waals surface area contributed by atoms with Crippen molar-refractivity contribution in [1.82, 2.24) is 4.98 Å². The third-order valence-corrected chi connectivity index (χ3v) is 3.73. The molecule has 1 aromatic carbocycles. The molecule has 0 bridgehead atoms. The molecule has 3 N–H and O–H groups in total. The zero-order valence-corrected chi connectivity index (χ0v) is 13.1. The Balaban J connectivity index is 2.64. The van der Waals surface area contributed by atoms with Gasteiger partial charge in [-0.25, -0.2) is 0 Å². The highest BCUT2D eigenvalue weighted by Crippen LogP contribution is 2.34. The molecule has 0 unspecified atom stereocenters. The topological polar surface area (TPSA) is 62.4 Å². The third-order valence-electron chi connectivity index (χ3n) is 3.73. The van der Waals surface area contributed by atoms with Crippen LogP contribution in [0.25, 0.3) is 0 Å². The fourth-order valence-electron chi connectivity index (χ4n) is 2.69. The minimum absolute atomic E-state index is 0.269. The fraction of sp³-hybridized carbons (Fsp3) is 0.353. The molecule has 0 saturated carbocycles. The number of nitrogens with zero attached hydrogens (tertiary/aromatic N) is 2. The molecule has 2 rings (SSSR count). The van der Waals surface area contributed by atoms with Crippen LogP contribution in [0.3, 0.4) is 0 Å². The molecular weight excluding hydrogens is 262 g/mol. The monoisotopic (exact) mass is 285 g/mol. The molecule has 0 atom stereocenters. The Hall–Kier alpha value is -2.07. The third kappa shape index (κ3) is 3.00. The van der Waals surface area contributed by atoms with Crippen molar-refractivity contribution in [3.8, 4) is 5.75 Å². The smallest absolute Gasteiger partial charge is 0.117 e. The van der Waals surface area contributed by atoms with Gasteiger partial charge in [0.25, 0.3) is 0 Å². The first-order chi connectivity index (χ1) is 9.97. The molecule has 0 amide bonds. The Morgan fingerprint density at radius 3 is 2.48 bits per heavy atom. The van der Waals surface area contributed by atoms with Crippen molar-refractivity contribution in [3.63, 3.8) is 0 Å². The normalized spacial score (nSPS) is 10.7. The van der Waals surface area contributed by atoms with E-state index in [1.54, 1.807) is 12.1 Å². The van der Waals surface area contributed by atoms with Crippen molar-refractivity contribution < 1.29 is 5.11 Å². The maximum atomic E-state index is 9.80. The Labute approximate surface area is 126 Å². The van der Waals surface area contributed by atoms with Gasteiger partial charge in [0.1, 0.15) is 5.75 Å². The van der Waals surface area contributed by atoms with Crippen LogP contribution in [-0.2, 0) is 6.54 Å². The van der Waals surface area contributed by atoms with Gasteiger partial charge in [-0.3, -0.25) is 4.98 Å². The first-order valence-corrected chi connectivity index (χ1v) is 7.22. The lowest BCUT2D eigenvalue weighted by Gasteiger charge is -2.28. The molecule has 0 fully saturated rings. The Morgan fingerprint density at radius 2 is 1.86 bits per heavy atom. The number of aromatic hydroxyl groups is 1. The van der Waals surface area contributed by atoms with Crippen LogP contribution < -0.4 is 10.6 Å². The summed E-state index contributed by atoms with van der Waals surface area (Å²) in [6.45, 7) is 9.35. The van der Waals surface area contributed by atoms with E-state index in [1.807, 2.05) is 26.8 Å². The number of pyridine rings is 1. The van der Waals surface area contributed by atoms with Gasteiger partial charge in [-0.05, 0) is 45.4 Å². The summed E-state index contributed by atoms with van der Waals surface area (Å²) in [5.74, 6) is 0.269. The molecule has 112 valence electrons. The van der Waals surface area contributed by atoms with Gasteiger partial charge < -0.3 is 15.7 Å². The summed E-state index contributed by atoms with van der Waals surface area (Å²) in [5.41, 5.74) is 12.1. The number of rotatable bonds is 4. The van der Waals surface area contributed by atoms with E-state index in [2.05, 4.69) is 22.9 Å². The second-order valence-corrected chi connectivity index (χ2v) is 5.27. The fourth-order valence-corrected chi connectivity index (χ4v) is 2.69. The molecule has 4 nitrogen and oxygen atoms in total. The van der Waals surface area contributed by atoms with Crippen LogP contribution >= 0.6 is 0 Å². The number of hydrogen-bond acceptors (Lipinski definition) is 4. The van der Waals surface area contributed by atoms with E-state index in [0.29, 0.717) is 6.54 Å². The zero-order chi connectivity index (χ0) is 15.6. The van der Waals surface area contributed by atoms with Crippen LogP contribution in [0.5, 0.6) is 5.75 Å². The van der Waals surface area contributed by atoms with E-state index in [-0.39, 0.29) is 5.75 Å². The van der Waals surface area contributed by atoms with Crippen molar-refractivity contribution in [2.45, 2.75) is 34.2 Å². The lowest BCUT2D eigenvalue weighted by atomic mass is 10.1. The van der Waals surface area contributed by atoms with E-state index in [1.165, 1.54) is 0 Å². The molecule has 2 aromatic rings. The lowest BCUT2D eigenvalue weighted by Crippen LogP contribution is -2.21. The Bertz CT molecular complexity index is 653. The summed E-state index contributed by atoms with van der Waals surface area (Å²) >= 11 is 0. The van der Waals surface area contributed by atoms with Crippen molar-refractivity contribution >= 4 is 11.4 Å². The highest BCUT2D eigenvalue weighted by Gasteiger charge is 2.16. The lowest BCUT2D eigenvalue weighted by molar-refractivity contribution is 0.475. The van der Waals surface area contributed by atoms with E-state index in [9.17, 15) is 5.11 Å². The average Bonchev–Trinajstić information content (AvgIpc) is 2.43. The summed E-state index contributed by atoms with van der Waals surface area (Å²) < 4.78 is 0. The van der Waals surface area contributed by atoms with E-state index < -0.39 is 0 Å². The molecule has 0 spiro atoms. The molecule has 4 heteroatoms. The summed E-state index contributed by atoms with van der Waals surface area (Å²) in [6.07, 6.45) is 0. The SMILES string of the molecule is CCN(c1cc(O)ccc1C)c1cc(C)nc(C)c1CN. The second kappa shape index (κ2) is 6.14. The standard InChI is InChI=1S/C17H23N3O/c1-5-20(16-9-14(21)7-6-11(16)2)17-8-12(3)19-13(4)15(17)10-18/h6-9,21H,5,10,18H2,1-4H3. The van der Waals surface area contributed by atoms with Crippen LogP contribution in [0.4, 0.5) is 11.4 Å². The van der Waals surface area contributed by atoms with Gasteiger partial charge in [-0.1, -0.05) is 6.07 Å². The maximum absolute atomic E-state index is 9.80. The number of benzene rings is 1. The molecule has 0 saturated heterocycles. The molecule has 0 aliphatic heterocycles. The number of hydrogen-bond donors (Lipinski definition) is 2. The van der Waals surface area contributed by atoms with Crippen LogP contribution in [0, 0.1) is 20.8 Å². The molecule has 1 aromatic heterocycles. The first-order valence-electron chi connectivity index (χ1n) is 7.22. The summed E-state index contributed by atoms with van der Waals surface area (Å²) in [7, 11) is 0. The van der Waals surface area contributed by atoms with E-state index in [0.717, 1.165) is 40.4 Å². The quantitative estimate of drug-likeness (QED) is 0.904. The predicted molar refractivity (Wildman–Crippen MR) is 87.1 cm³/mol. The summed E-state index contributed by atoms with van der Waals surface area (Å²) in [5, 5.41) is 9.80. The molecular formula is C17H23N3O. The summed E-state index contributed by atoms with van der Waals surface area (Å²) in [6, 6.07) is 7.49. The van der Waals surface area contributed by atoms with Gasteiger partial charge in [0, 0.05) is 47.5 Å². The van der Waals surface area contributed by atoms with Crippen molar-refractivity contribution in [2.24, 2.45) is 5.73 Å². The second-order valence-electron chi connectivity index (χ2n) is 5.27. The van der Waals surface area contributed by atoms with E-state index in [4.69, 9.17) is 5.73 Å². The van der Waals surface area contributed by atoms with Gasteiger partial charge in [0.05, 0.1) is 0 Å². The van der Waals surface area contributed by atoms with Gasteiger partial charge in [-0.2, -0.15) is 0 Å². The first kappa shape index (κ1) is 15.3. The Morgan fingerprint density at radius 1 is 1.14 bits per heavy atom. The summed E-state index contributed by atoms with van der Waals surface area (Å²) in [4.78, 5) is 6.68. The van der Waals surface area contributed by atoms with Crippen LogP contribution in [-0.4, -0.2) is 16.6 Å². The average molecular weight is 285 g/mol. The van der Waals surface area contributed by atoms with Crippen molar-refractivity contribution in [1.29, 1.82) is 0 Å². The van der Waals surface area contributed by atoms with Gasteiger partial charge in [0.15, 0.2) is 0 Å². The molecule has 1 heterocycles. The molecule has 0 radical (unpaired) electrons. The predicted octanol–water partition coefficient (Wildman–Crippen LogP) is 3.33. The van der Waals surface area contributed by atoms with Crippen LogP contribution in [0.1, 0.15) is 29.4 Å². The highest BCUT2D eigenvalue weighted by molar-refractivity contribution is 5.71. The van der Waals surface area contributed by atoms with Crippen LogP contribution in [0.15, 0.2) is 24.3 Å². The zero-order valence-electron chi connectivity index (χ0n) is 13.1. The Kier molecular flexibility index (Phi) is 4.48. The minimum atomic E-state index is 0.269. The number of phenolic OH excluding ortho intramolecular Hbond substituents is 1. The largest absolute Gasteiger partial charge is 0.508 e. The number of anilines is 2. The molecule has 0 aliphatic rings. The minimum Gasteiger partial charge on any atom is -0.508 e. The van der Waals surface area contributed by atoms with Crippen LogP contribution in [0.2, 0.25) is 0 Å². The number of aryl methyl sites for hydroxylation is 3. The van der Waals surface area contributed by atoms with E-state index >= 15 is 0 Å². The van der Waals surface area contributed by atoms with Gasteiger partial charge in [-0.15, -0.1) is 0 Å². The molecule has 21 heavy (non-hydrogen) atoms. The van der Waals surface area contributed by atoms with Crippen molar-refractivity contribution in [2.75, 3.05) is 11.4 Å². The number of aromatic nitrogens is 1. The van der Waals surface area contributed by atoms with Gasteiger partial charge in [0.2, 0.25) is 0 Å². The molecule has 0 aliphatic carbocycles. The van der Waals surface area contributed by atoms with Crippen molar-refractivity contribution in [3.05, 3.63) is 46.8 Å². The van der Waals surface area contributed by atoms with Gasteiger partial charge >= 0.3 is 0 Å². The highest BCUT2D eigenvalue weighted by atomic mass is 16.3. The number of phenols is 1. The maximum Gasteiger partial charge on any atom is 0.117 e. The number of nitrogens with two attached hydrogens (primary N) is 1.